The monoisotopic (exact) mass is 644 g/mol. The van der Waals surface area contributed by atoms with E-state index in [1.165, 1.54) is 0 Å². The third-order valence-corrected chi connectivity index (χ3v) is 5.98. The van der Waals surface area contributed by atoms with Gasteiger partial charge in [0.25, 0.3) is 0 Å². The number of hydrogen-bond acceptors (Lipinski definition) is 7. The maximum atomic E-state index is 13.3. The van der Waals surface area contributed by atoms with Crippen LogP contribution in [0, 0.1) is 0 Å². The maximum Gasteiger partial charge on any atom is 0.534 e. The number of halogens is 12. The Hall–Kier alpha value is -3.63. The molecule has 2 rings (SSSR count). The highest BCUT2D eigenvalue weighted by Gasteiger charge is 2.51. The van der Waals surface area contributed by atoms with Crippen LogP contribution in [-0.2, 0) is 32.6 Å². The summed E-state index contributed by atoms with van der Waals surface area (Å²) in [5.74, 6) is -3.70. The van der Waals surface area contributed by atoms with Crippen LogP contribution in [0.5, 0.6) is 11.5 Å². The van der Waals surface area contributed by atoms with Gasteiger partial charge in [-0.2, -0.15) is 69.5 Å². The molecule has 2 N–H and O–H groups in total. The number of hydrogen-bond donors (Lipinski definition) is 2. The van der Waals surface area contributed by atoms with E-state index in [-0.39, 0.29) is 24.3 Å². The number of benzene rings is 2. The van der Waals surface area contributed by atoms with Crippen LogP contribution in [0.4, 0.5) is 68.9 Å². The molecule has 0 radical (unpaired) electrons. The van der Waals surface area contributed by atoms with Gasteiger partial charge >= 0.3 is 49.6 Å². The molecule has 2 aromatic carbocycles. The quantitative estimate of drug-likeness (QED) is 0.230. The number of anilines is 2. The van der Waals surface area contributed by atoms with E-state index in [2.05, 4.69) is 8.37 Å². The molecular weight excluding hydrogens is 636 g/mol. The standard InChI is InChI=1S/C17H8F12N2O7S2/c18-14(19,20)9-5-7(1-3-11(9)37-39(33,34)16(24,25)26)30-13(32)31-8-2-4-12(10(6-8)15(21,22)23)38-40(35,36)17(27,28)29/h1-6H,(H2,30,31,32). The first-order valence-corrected chi connectivity index (χ1v) is 12.1. The largest absolute Gasteiger partial charge is 0.534 e. The van der Waals surface area contributed by atoms with Crippen LogP contribution in [0.15, 0.2) is 36.4 Å². The number of urea groups is 1. The molecule has 0 aromatic heterocycles. The molecular formula is C17H8F12N2O7S2. The molecule has 0 bridgehead atoms. The molecule has 0 saturated heterocycles. The highest BCUT2D eigenvalue weighted by molar-refractivity contribution is 7.88. The summed E-state index contributed by atoms with van der Waals surface area (Å²) in [5, 5.41) is 3.24. The van der Waals surface area contributed by atoms with Crippen molar-refractivity contribution in [1.82, 2.24) is 0 Å². The first kappa shape index (κ1) is 32.6. The van der Waals surface area contributed by atoms with E-state index in [0.717, 1.165) is 0 Å². The summed E-state index contributed by atoms with van der Waals surface area (Å²) in [6, 6.07) is -0.865. The van der Waals surface area contributed by atoms with E-state index in [1.807, 2.05) is 0 Å². The Balaban J connectivity index is 2.35. The van der Waals surface area contributed by atoms with Crippen LogP contribution in [0.3, 0.4) is 0 Å². The van der Waals surface area contributed by atoms with Crippen molar-refractivity contribution in [3.05, 3.63) is 47.5 Å². The predicted octanol–water partition coefficient (Wildman–Crippen LogP) is 5.83. The Morgan fingerprint density at radius 2 is 0.875 bits per heavy atom. The first-order valence-electron chi connectivity index (χ1n) is 9.26. The molecule has 0 aliphatic rings. The highest BCUT2D eigenvalue weighted by atomic mass is 32.2. The molecule has 0 aliphatic carbocycles. The summed E-state index contributed by atoms with van der Waals surface area (Å²) >= 11 is 0. The Bertz CT molecular complexity index is 1390. The van der Waals surface area contributed by atoms with Crippen LogP contribution >= 0.6 is 0 Å². The van der Waals surface area contributed by atoms with E-state index in [1.54, 1.807) is 10.6 Å². The van der Waals surface area contributed by atoms with Crippen LogP contribution in [0.25, 0.3) is 0 Å². The van der Waals surface area contributed by atoms with Gasteiger partial charge in [-0.15, -0.1) is 0 Å². The zero-order valence-electron chi connectivity index (χ0n) is 18.2. The van der Waals surface area contributed by atoms with Gasteiger partial charge in [0.2, 0.25) is 0 Å². The van der Waals surface area contributed by atoms with Gasteiger partial charge in [-0.05, 0) is 36.4 Å². The van der Waals surface area contributed by atoms with Gasteiger partial charge in [-0.1, -0.05) is 0 Å². The topological polar surface area (TPSA) is 128 Å². The van der Waals surface area contributed by atoms with Gasteiger partial charge < -0.3 is 19.0 Å². The lowest BCUT2D eigenvalue weighted by Gasteiger charge is -2.17. The van der Waals surface area contributed by atoms with Gasteiger partial charge in [-0.3, -0.25) is 0 Å². The summed E-state index contributed by atoms with van der Waals surface area (Å²) < 4.78 is 205. The van der Waals surface area contributed by atoms with E-state index in [0.29, 0.717) is 12.1 Å². The van der Waals surface area contributed by atoms with Crippen molar-refractivity contribution in [2.75, 3.05) is 10.6 Å². The molecule has 224 valence electrons. The highest BCUT2D eigenvalue weighted by Crippen LogP contribution is 2.41. The predicted molar refractivity (Wildman–Crippen MR) is 107 cm³/mol. The minimum absolute atomic E-state index is 0.0662. The normalized spacial score (nSPS) is 13.5. The van der Waals surface area contributed by atoms with E-state index in [4.69, 9.17) is 0 Å². The number of amides is 2. The lowest BCUT2D eigenvalue weighted by molar-refractivity contribution is -0.139. The molecule has 0 saturated carbocycles. The zero-order chi connectivity index (χ0) is 31.1. The SMILES string of the molecule is O=C(Nc1ccc(OS(=O)(=O)C(F)(F)F)c(C(F)(F)F)c1)Nc1ccc(OS(=O)(=O)C(F)(F)F)c(C(F)(F)F)c1. The summed E-state index contributed by atoms with van der Waals surface area (Å²) in [5.41, 5.74) is -18.3. The molecule has 2 aromatic rings. The summed E-state index contributed by atoms with van der Waals surface area (Å²) in [6.07, 6.45) is -11.1. The molecule has 0 atom stereocenters. The van der Waals surface area contributed by atoms with Gasteiger partial charge in [0.15, 0.2) is 11.5 Å². The molecule has 0 aliphatic heterocycles. The third kappa shape index (κ3) is 7.73. The van der Waals surface area contributed by atoms with Crippen molar-refractivity contribution >= 4 is 37.6 Å². The first-order chi connectivity index (χ1) is 17.7. The lowest BCUT2D eigenvalue weighted by atomic mass is 10.1. The van der Waals surface area contributed by atoms with Crippen molar-refractivity contribution in [3.63, 3.8) is 0 Å². The van der Waals surface area contributed by atoms with Crippen molar-refractivity contribution in [2.24, 2.45) is 0 Å². The molecule has 0 unspecified atom stereocenters. The fourth-order valence-electron chi connectivity index (χ4n) is 2.43. The van der Waals surface area contributed by atoms with Crippen LogP contribution in [0.1, 0.15) is 11.1 Å². The fraction of sp³-hybridized carbons (Fsp3) is 0.235. The molecule has 0 heterocycles. The average molecular weight is 644 g/mol. The molecule has 0 fully saturated rings. The second-order valence-corrected chi connectivity index (χ2v) is 10.0. The van der Waals surface area contributed by atoms with Gasteiger partial charge in [-0.25, -0.2) is 4.79 Å². The van der Waals surface area contributed by atoms with Gasteiger partial charge in [0, 0.05) is 11.4 Å². The molecule has 0 spiro atoms. The number of alkyl halides is 12. The van der Waals surface area contributed by atoms with E-state index >= 15 is 0 Å². The number of rotatable bonds is 6. The third-order valence-electron chi connectivity index (χ3n) is 4.05. The number of nitrogens with one attached hydrogen (secondary N) is 2. The molecule has 2 amide bonds. The van der Waals surface area contributed by atoms with E-state index in [9.17, 15) is 74.3 Å². The Morgan fingerprint density at radius 3 is 1.12 bits per heavy atom. The summed E-state index contributed by atoms with van der Waals surface area (Å²) in [7, 11) is -13.1. The lowest BCUT2D eigenvalue weighted by Crippen LogP contribution is -2.29. The summed E-state index contributed by atoms with van der Waals surface area (Å²) in [6.45, 7) is 0. The number of carbonyl (C=O) groups excluding carboxylic acids is 1. The molecule has 23 heteroatoms. The summed E-state index contributed by atoms with van der Waals surface area (Å²) in [4.78, 5) is 12.1. The zero-order valence-corrected chi connectivity index (χ0v) is 19.8. The smallest absolute Gasteiger partial charge is 0.375 e. The van der Waals surface area contributed by atoms with Gasteiger partial charge in [0.1, 0.15) is 11.1 Å². The van der Waals surface area contributed by atoms with Crippen molar-refractivity contribution in [2.45, 2.75) is 23.4 Å². The minimum Gasteiger partial charge on any atom is -0.375 e. The number of carbonyl (C=O) groups is 1. The molecule has 9 nitrogen and oxygen atoms in total. The van der Waals surface area contributed by atoms with E-state index < -0.39 is 83.6 Å². The minimum atomic E-state index is -6.55. The van der Waals surface area contributed by atoms with Crippen molar-refractivity contribution in [3.8, 4) is 11.5 Å². The van der Waals surface area contributed by atoms with Gasteiger partial charge in [0.05, 0.1) is 0 Å². The average Bonchev–Trinajstić information content (AvgIpc) is 2.72. The van der Waals surface area contributed by atoms with Crippen LogP contribution in [-0.4, -0.2) is 33.9 Å². The molecule has 40 heavy (non-hydrogen) atoms. The Kier molecular flexibility index (Phi) is 8.47. The Morgan fingerprint density at radius 1 is 0.575 bits per heavy atom. The Labute approximate surface area is 213 Å². The van der Waals surface area contributed by atoms with Crippen LogP contribution in [0.2, 0.25) is 0 Å². The van der Waals surface area contributed by atoms with Crippen molar-refractivity contribution < 1.29 is 82.7 Å². The maximum absolute atomic E-state index is 13.3. The fourth-order valence-corrected chi connectivity index (χ4v) is 3.38. The second kappa shape index (κ2) is 10.4. The van der Waals surface area contributed by atoms with Crippen molar-refractivity contribution in [1.29, 1.82) is 0 Å². The second-order valence-electron chi connectivity index (χ2n) is 6.96. The van der Waals surface area contributed by atoms with Crippen LogP contribution < -0.4 is 19.0 Å².